The second-order valence-electron chi connectivity index (χ2n) is 6.58. The van der Waals surface area contributed by atoms with E-state index >= 15 is 0 Å². The number of nitrogens with one attached hydrogen (secondary N) is 1. The number of alkyl halides is 1. The number of nitrogens with two attached hydrogens (primary N) is 1. The molecule has 0 unspecified atom stereocenters. The molecule has 0 bridgehead atoms. The lowest BCUT2D eigenvalue weighted by Crippen LogP contribution is -2.36. The third-order valence-electron chi connectivity index (χ3n) is 4.79. The highest BCUT2D eigenvalue weighted by molar-refractivity contribution is 6.04. The number of carbonyl (C=O) groups excluding carboxylic acids is 1. The number of halogens is 2. The Morgan fingerprint density at radius 1 is 1.27 bits per heavy atom. The van der Waals surface area contributed by atoms with Gasteiger partial charge in [0.1, 0.15) is 23.2 Å². The minimum Gasteiger partial charge on any atom is -0.366 e. The van der Waals surface area contributed by atoms with Crippen LogP contribution in [0.5, 0.6) is 0 Å². The zero-order valence-corrected chi connectivity index (χ0v) is 14.0. The topological polar surface area (TPSA) is 72.9 Å². The smallest absolute Gasteiger partial charge is 0.250 e. The van der Waals surface area contributed by atoms with Crippen molar-refractivity contribution >= 4 is 16.8 Å². The first-order valence-electron chi connectivity index (χ1n) is 8.45. The third kappa shape index (κ3) is 2.94. The first kappa shape index (κ1) is 16.7. The summed E-state index contributed by atoms with van der Waals surface area (Å²) in [7, 11) is 0. The zero-order chi connectivity index (χ0) is 18.3. The number of hydrogen-bond donors (Lipinski definition) is 2. The molecule has 2 aromatic carbocycles. The van der Waals surface area contributed by atoms with Crippen LogP contribution < -0.4 is 11.1 Å². The predicted molar refractivity (Wildman–Crippen MR) is 94.7 cm³/mol. The van der Waals surface area contributed by atoms with E-state index in [1.165, 1.54) is 10.7 Å². The van der Waals surface area contributed by atoms with Gasteiger partial charge in [0.15, 0.2) is 0 Å². The van der Waals surface area contributed by atoms with E-state index in [1.807, 2.05) is 0 Å². The summed E-state index contributed by atoms with van der Waals surface area (Å²) in [6, 6.07) is 9.93. The van der Waals surface area contributed by atoms with E-state index in [2.05, 4.69) is 10.4 Å². The van der Waals surface area contributed by atoms with Gasteiger partial charge >= 0.3 is 0 Å². The highest BCUT2D eigenvalue weighted by Crippen LogP contribution is 2.28. The maximum atomic E-state index is 14.7. The summed E-state index contributed by atoms with van der Waals surface area (Å²) >= 11 is 0. The summed E-state index contributed by atoms with van der Waals surface area (Å²) in [5.74, 6) is -1.08. The first-order valence-corrected chi connectivity index (χ1v) is 8.45. The molecule has 2 heterocycles. The maximum absolute atomic E-state index is 14.7. The van der Waals surface area contributed by atoms with Crippen LogP contribution in [0.2, 0.25) is 0 Å². The van der Waals surface area contributed by atoms with Gasteiger partial charge in [-0.25, -0.2) is 13.5 Å². The average molecular weight is 356 g/mol. The summed E-state index contributed by atoms with van der Waals surface area (Å²) in [5, 5.41) is 8.04. The Kier molecular flexibility index (Phi) is 4.16. The molecule has 5 nitrogen and oxygen atoms in total. The quantitative estimate of drug-likeness (QED) is 0.758. The second-order valence-corrected chi connectivity index (χ2v) is 6.58. The summed E-state index contributed by atoms with van der Waals surface area (Å²) in [5.41, 5.74) is 7.12. The van der Waals surface area contributed by atoms with Crippen molar-refractivity contribution in [3.8, 4) is 5.69 Å². The number of amides is 1. The van der Waals surface area contributed by atoms with Crippen LogP contribution in [-0.2, 0) is 0 Å². The van der Waals surface area contributed by atoms with Crippen LogP contribution in [-0.4, -0.2) is 34.9 Å². The molecular formula is C19H18F2N4O. The van der Waals surface area contributed by atoms with Crippen molar-refractivity contribution in [3.05, 3.63) is 59.5 Å². The molecule has 1 aromatic heterocycles. The summed E-state index contributed by atoms with van der Waals surface area (Å²) in [6.45, 7) is 0.978. The molecule has 2 atom stereocenters. The van der Waals surface area contributed by atoms with Gasteiger partial charge in [-0.1, -0.05) is 18.2 Å². The minimum absolute atomic E-state index is 0.0551. The number of fused-ring (bicyclic) bond motifs is 1. The van der Waals surface area contributed by atoms with Gasteiger partial charge in [-0.15, -0.1) is 0 Å². The van der Waals surface area contributed by atoms with Crippen LogP contribution in [0.4, 0.5) is 8.78 Å². The molecule has 0 aliphatic carbocycles. The fraction of sp³-hybridized carbons (Fsp3) is 0.263. The molecule has 134 valence electrons. The molecule has 1 aliphatic rings. The van der Waals surface area contributed by atoms with Crippen LogP contribution >= 0.6 is 0 Å². The Morgan fingerprint density at radius 3 is 2.85 bits per heavy atom. The number of piperidine rings is 1. The van der Waals surface area contributed by atoms with E-state index in [-0.39, 0.29) is 11.6 Å². The normalized spacial score (nSPS) is 20.4. The zero-order valence-electron chi connectivity index (χ0n) is 14.0. The van der Waals surface area contributed by atoms with Crippen molar-refractivity contribution in [2.45, 2.75) is 18.5 Å². The monoisotopic (exact) mass is 356 g/mol. The van der Waals surface area contributed by atoms with Crippen LogP contribution in [0.15, 0.2) is 42.6 Å². The Bertz CT molecular complexity index is 985. The molecule has 1 saturated heterocycles. The number of nitrogens with zero attached hydrogens (tertiary/aromatic N) is 2. The van der Waals surface area contributed by atoms with Gasteiger partial charge in [0.05, 0.1) is 5.56 Å². The highest BCUT2D eigenvalue weighted by atomic mass is 19.1. The Balaban J connectivity index is 1.71. The van der Waals surface area contributed by atoms with Crippen LogP contribution in [0.25, 0.3) is 16.6 Å². The SMILES string of the molecule is NC(=O)c1cccc2cn(-c3ccc([C@@H]4CNC[C@H](F)C4)cc3F)nc12. The van der Waals surface area contributed by atoms with Crippen molar-refractivity contribution in [1.82, 2.24) is 15.1 Å². The Labute approximate surface area is 148 Å². The van der Waals surface area contributed by atoms with E-state index in [0.717, 1.165) is 5.56 Å². The average Bonchev–Trinajstić information content (AvgIpc) is 3.05. The van der Waals surface area contributed by atoms with E-state index in [1.54, 1.807) is 36.5 Å². The second kappa shape index (κ2) is 6.49. The fourth-order valence-corrected chi connectivity index (χ4v) is 3.47. The summed E-state index contributed by atoms with van der Waals surface area (Å²) in [4.78, 5) is 11.5. The number of rotatable bonds is 3. The standard InChI is InChI=1S/C19H18F2N4O/c20-14-6-13(8-23-9-14)11-4-5-17(16(21)7-11)25-10-12-2-1-3-15(19(22)26)18(12)24-25/h1-5,7,10,13-14,23H,6,8-9H2,(H2,22,26)/t13-,14+/m0/s1. The lowest BCUT2D eigenvalue weighted by Gasteiger charge is -2.26. The van der Waals surface area contributed by atoms with Crippen LogP contribution in [0.1, 0.15) is 28.3 Å². The Morgan fingerprint density at radius 2 is 2.12 bits per heavy atom. The molecule has 1 amide bonds. The predicted octanol–water partition coefficient (Wildman–Crippen LogP) is 2.68. The van der Waals surface area contributed by atoms with Crippen molar-refractivity contribution in [3.63, 3.8) is 0 Å². The molecule has 0 spiro atoms. The molecule has 0 saturated carbocycles. The largest absolute Gasteiger partial charge is 0.366 e. The van der Waals surface area contributed by atoms with Gasteiger partial charge in [-0.3, -0.25) is 4.79 Å². The third-order valence-corrected chi connectivity index (χ3v) is 4.79. The summed E-state index contributed by atoms with van der Waals surface area (Å²) in [6.07, 6.45) is 1.12. The number of carbonyl (C=O) groups is 1. The lowest BCUT2D eigenvalue weighted by molar-refractivity contribution is 0.100. The molecule has 26 heavy (non-hydrogen) atoms. The van der Waals surface area contributed by atoms with Crippen LogP contribution in [0.3, 0.4) is 0 Å². The first-order chi connectivity index (χ1) is 12.5. The molecule has 4 rings (SSSR count). The maximum Gasteiger partial charge on any atom is 0.250 e. The van der Waals surface area contributed by atoms with E-state index < -0.39 is 17.9 Å². The van der Waals surface area contributed by atoms with Gasteiger partial charge in [-0.05, 0) is 36.1 Å². The van der Waals surface area contributed by atoms with E-state index in [4.69, 9.17) is 5.73 Å². The van der Waals surface area contributed by atoms with E-state index in [9.17, 15) is 13.6 Å². The van der Waals surface area contributed by atoms with Crippen molar-refractivity contribution in [1.29, 1.82) is 0 Å². The van der Waals surface area contributed by atoms with Crippen molar-refractivity contribution < 1.29 is 13.6 Å². The molecule has 1 aliphatic heterocycles. The van der Waals surface area contributed by atoms with Crippen molar-refractivity contribution in [2.24, 2.45) is 5.73 Å². The lowest BCUT2D eigenvalue weighted by atomic mass is 9.90. The molecular weight excluding hydrogens is 338 g/mol. The van der Waals surface area contributed by atoms with Gasteiger partial charge in [0.25, 0.3) is 5.91 Å². The van der Waals surface area contributed by atoms with Crippen molar-refractivity contribution in [2.75, 3.05) is 13.1 Å². The minimum atomic E-state index is -0.917. The number of benzene rings is 2. The van der Waals surface area contributed by atoms with Crippen LogP contribution in [0, 0.1) is 5.82 Å². The van der Waals surface area contributed by atoms with Gasteiger partial charge < -0.3 is 11.1 Å². The highest BCUT2D eigenvalue weighted by Gasteiger charge is 2.23. The summed E-state index contributed by atoms with van der Waals surface area (Å²) < 4.78 is 29.7. The number of hydrogen-bond acceptors (Lipinski definition) is 3. The number of primary amides is 1. The molecule has 0 radical (unpaired) electrons. The fourth-order valence-electron chi connectivity index (χ4n) is 3.47. The molecule has 3 N–H and O–H groups in total. The van der Waals surface area contributed by atoms with Gasteiger partial charge in [0, 0.05) is 24.7 Å². The van der Waals surface area contributed by atoms with E-state index in [0.29, 0.717) is 36.0 Å². The number of aromatic nitrogens is 2. The Hall–Kier alpha value is -2.80. The molecule has 7 heteroatoms. The molecule has 1 fully saturated rings. The van der Waals surface area contributed by atoms with Gasteiger partial charge in [-0.2, -0.15) is 5.10 Å². The van der Waals surface area contributed by atoms with Gasteiger partial charge in [0.2, 0.25) is 0 Å². The molecule has 3 aromatic rings.